The average molecular weight is 345 g/mol. The lowest BCUT2D eigenvalue weighted by Gasteiger charge is -2.10. The summed E-state index contributed by atoms with van der Waals surface area (Å²) in [6.07, 6.45) is 0.181. The van der Waals surface area contributed by atoms with Crippen LogP contribution in [0.2, 0.25) is 0 Å². The van der Waals surface area contributed by atoms with Gasteiger partial charge in [-0.15, -0.1) is 0 Å². The number of hydrogen-bond acceptors (Lipinski definition) is 5. The molecule has 0 saturated carbocycles. The number of Topliss-reactive ketones (excluding diaryl/α,β-unsaturated/α-hetero) is 1. The van der Waals surface area contributed by atoms with Gasteiger partial charge < -0.3 is 14.7 Å². The van der Waals surface area contributed by atoms with E-state index < -0.39 is 0 Å². The first-order valence-corrected chi connectivity index (χ1v) is 8.10. The molecule has 0 saturated heterocycles. The zero-order valence-corrected chi connectivity index (χ0v) is 14.6. The molecule has 0 aliphatic carbocycles. The number of benzene rings is 2. The molecule has 0 spiro atoms. The number of rotatable bonds is 5. The number of aromatic hydroxyl groups is 1. The van der Waals surface area contributed by atoms with Gasteiger partial charge in [-0.25, -0.2) is 0 Å². The van der Waals surface area contributed by atoms with Crippen molar-refractivity contribution in [3.05, 3.63) is 53.6 Å². The fraction of sp³-hybridized carbons (Fsp3) is 0.222. The zero-order valence-electron chi connectivity index (χ0n) is 13.8. The van der Waals surface area contributed by atoms with Crippen molar-refractivity contribution in [1.29, 1.82) is 0 Å². The lowest BCUT2D eigenvalue weighted by Crippen LogP contribution is -2.16. The van der Waals surface area contributed by atoms with Crippen LogP contribution in [-0.4, -0.2) is 42.2 Å². The van der Waals surface area contributed by atoms with Crippen LogP contribution in [0.3, 0.4) is 0 Å². The molecule has 6 heteroatoms. The molecule has 0 fully saturated rings. The van der Waals surface area contributed by atoms with Crippen LogP contribution in [0, 0.1) is 0 Å². The fourth-order valence-corrected chi connectivity index (χ4v) is 2.72. The molecule has 24 heavy (non-hydrogen) atoms. The normalized spacial score (nSPS) is 10.3. The summed E-state index contributed by atoms with van der Waals surface area (Å²) in [6.45, 7) is 0. The molecule has 0 aliphatic rings. The van der Waals surface area contributed by atoms with Gasteiger partial charge in [0.1, 0.15) is 11.5 Å². The number of carbonyl (C=O) groups excluding carboxylic acids is 2. The van der Waals surface area contributed by atoms with Crippen molar-refractivity contribution >= 4 is 22.8 Å². The Bertz CT molecular complexity index is 741. The maximum absolute atomic E-state index is 12.4. The topological polar surface area (TPSA) is 66.8 Å². The number of phenolic OH excluding ortho intramolecular Hbond substituents is 1. The van der Waals surface area contributed by atoms with Crippen LogP contribution in [0.1, 0.15) is 15.9 Å². The molecule has 0 unspecified atom stereocenters. The lowest BCUT2D eigenvalue weighted by atomic mass is 10.0. The van der Waals surface area contributed by atoms with Crippen LogP contribution in [0.4, 0.5) is 4.79 Å². The standard InChI is InChI=1S/C18H19NO4S/c1-19(2)18(22)24-14-8-9-15(17(21)11-14)16(20)10-12-4-6-13(23-3)7-5-12/h4-9,11,21H,10H2,1-3H3. The predicted molar refractivity (Wildman–Crippen MR) is 94.1 cm³/mol. The first kappa shape index (κ1) is 17.9. The first-order chi connectivity index (χ1) is 11.4. The SMILES string of the molecule is COc1ccc(CC(=O)c2ccc(SC(=O)N(C)C)cc2O)cc1. The van der Waals surface area contributed by atoms with Gasteiger partial charge in [-0.2, -0.15) is 0 Å². The molecule has 0 aliphatic heterocycles. The van der Waals surface area contributed by atoms with E-state index in [0.717, 1.165) is 23.1 Å². The van der Waals surface area contributed by atoms with Crippen molar-refractivity contribution < 1.29 is 19.4 Å². The van der Waals surface area contributed by atoms with E-state index in [2.05, 4.69) is 0 Å². The molecule has 1 amide bonds. The van der Waals surface area contributed by atoms with Crippen molar-refractivity contribution in [2.24, 2.45) is 0 Å². The van der Waals surface area contributed by atoms with Crippen LogP contribution < -0.4 is 4.74 Å². The van der Waals surface area contributed by atoms with Crippen LogP contribution in [0.25, 0.3) is 0 Å². The molecular weight excluding hydrogens is 326 g/mol. The fourth-order valence-electron chi connectivity index (χ4n) is 2.03. The van der Waals surface area contributed by atoms with Crippen molar-refractivity contribution in [2.45, 2.75) is 11.3 Å². The quantitative estimate of drug-likeness (QED) is 0.662. The van der Waals surface area contributed by atoms with E-state index in [9.17, 15) is 14.7 Å². The Morgan fingerprint density at radius 1 is 1.12 bits per heavy atom. The van der Waals surface area contributed by atoms with Crippen molar-refractivity contribution in [3.8, 4) is 11.5 Å². The number of carbonyl (C=O) groups is 2. The molecule has 0 aromatic heterocycles. The molecule has 2 aromatic carbocycles. The van der Waals surface area contributed by atoms with E-state index in [4.69, 9.17) is 4.74 Å². The highest BCUT2D eigenvalue weighted by Crippen LogP contribution is 2.28. The minimum atomic E-state index is -0.187. The molecule has 2 aromatic rings. The van der Waals surface area contributed by atoms with Gasteiger partial charge in [0.2, 0.25) is 0 Å². The molecule has 0 atom stereocenters. The van der Waals surface area contributed by atoms with Crippen molar-refractivity contribution in [3.63, 3.8) is 0 Å². The smallest absolute Gasteiger partial charge is 0.285 e. The average Bonchev–Trinajstić information content (AvgIpc) is 2.55. The number of ether oxygens (including phenoxy) is 1. The van der Waals surface area contributed by atoms with Gasteiger partial charge in [-0.05, 0) is 47.7 Å². The van der Waals surface area contributed by atoms with E-state index in [0.29, 0.717) is 4.90 Å². The first-order valence-electron chi connectivity index (χ1n) is 7.29. The molecular formula is C18H19NO4S. The third-order valence-corrected chi connectivity index (χ3v) is 4.39. The van der Waals surface area contributed by atoms with E-state index in [1.165, 1.54) is 11.0 Å². The summed E-state index contributed by atoms with van der Waals surface area (Å²) < 4.78 is 5.08. The second kappa shape index (κ2) is 7.88. The Kier molecular flexibility index (Phi) is 5.87. The Morgan fingerprint density at radius 3 is 2.33 bits per heavy atom. The Balaban J connectivity index is 2.10. The highest BCUT2D eigenvalue weighted by atomic mass is 32.2. The molecule has 0 bridgehead atoms. The minimum Gasteiger partial charge on any atom is -0.507 e. The second-order valence-electron chi connectivity index (χ2n) is 5.39. The highest BCUT2D eigenvalue weighted by molar-refractivity contribution is 8.13. The summed E-state index contributed by atoms with van der Waals surface area (Å²) >= 11 is 0.996. The number of hydrogen-bond donors (Lipinski definition) is 1. The molecule has 1 N–H and O–H groups in total. The number of methoxy groups -OCH3 is 1. The Labute approximate surface area is 145 Å². The largest absolute Gasteiger partial charge is 0.507 e. The number of nitrogens with zero attached hydrogens (tertiary/aromatic N) is 1. The van der Waals surface area contributed by atoms with E-state index >= 15 is 0 Å². The molecule has 2 rings (SSSR count). The Hall–Kier alpha value is -2.47. The van der Waals surface area contributed by atoms with Crippen LogP contribution in [0.15, 0.2) is 47.4 Å². The Morgan fingerprint density at radius 2 is 1.79 bits per heavy atom. The van der Waals surface area contributed by atoms with E-state index in [-0.39, 0.29) is 28.8 Å². The van der Waals surface area contributed by atoms with Gasteiger partial charge in [-0.1, -0.05) is 12.1 Å². The number of thioether (sulfide) groups is 1. The van der Waals surface area contributed by atoms with Crippen molar-refractivity contribution in [1.82, 2.24) is 4.90 Å². The summed E-state index contributed by atoms with van der Waals surface area (Å²) in [4.78, 5) is 26.1. The predicted octanol–water partition coefficient (Wildman–Crippen LogP) is 3.60. The summed E-state index contributed by atoms with van der Waals surface area (Å²) in [6, 6.07) is 11.8. The minimum absolute atomic E-state index is 0.120. The molecule has 0 heterocycles. The maximum Gasteiger partial charge on any atom is 0.285 e. The van der Waals surface area contributed by atoms with E-state index in [1.807, 2.05) is 12.1 Å². The molecule has 5 nitrogen and oxygen atoms in total. The van der Waals surface area contributed by atoms with Gasteiger partial charge in [0.05, 0.1) is 12.7 Å². The third kappa shape index (κ3) is 4.52. The second-order valence-corrected chi connectivity index (χ2v) is 6.41. The molecule has 126 valence electrons. The van der Waals surface area contributed by atoms with Gasteiger partial charge in [-0.3, -0.25) is 9.59 Å². The zero-order chi connectivity index (χ0) is 17.7. The van der Waals surface area contributed by atoms with Gasteiger partial charge in [0, 0.05) is 25.4 Å². The van der Waals surface area contributed by atoms with Gasteiger partial charge in [0.15, 0.2) is 5.78 Å². The lowest BCUT2D eigenvalue weighted by molar-refractivity contribution is 0.0990. The van der Waals surface area contributed by atoms with E-state index in [1.54, 1.807) is 45.5 Å². The maximum atomic E-state index is 12.4. The highest BCUT2D eigenvalue weighted by Gasteiger charge is 2.14. The van der Waals surface area contributed by atoms with Gasteiger partial charge >= 0.3 is 0 Å². The third-order valence-electron chi connectivity index (χ3n) is 3.36. The number of phenols is 1. The number of ketones is 1. The van der Waals surface area contributed by atoms with Gasteiger partial charge in [0.25, 0.3) is 5.24 Å². The van der Waals surface area contributed by atoms with Crippen LogP contribution >= 0.6 is 11.8 Å². The number of amides is 1. The summed E-state index contributed by atoms with van der Waals surface area (Å²) in [5.41, 5.74) is 1.08. The van der Waals surface area contributed by atoms with Crippen molar-refractivity contribution in [2.75, 3.05) is 21.2 Å². The summed E-state index contributed by atoms with van der Waals surface area (Å²) in [7, 11) is 4.89. The monoisotopic (exact) mass is 345 g/mol. The summed E-state index contributed by atoms with van der Waals surface area (Å²) in [5.74, 6) is 0.416. The summed E-state index contributed by atoms with van der Waals surface area (Å²) in [5, 5.41) is 9.95. The van der Waals surface area contributed by atoms with Crippen LogP contribution in [-0.2, 0) is 6.42 Å². The molecule has 0 radical (unpaired) electrons. The van der Waals surface area contributed by atoms with Crippen LogP contribution in [0.5, 0.6) is 11.5 Å².